The summed E-state index contributed by atoms with van der Waals surface area (Å²) in [6, 6.07) is 10.5. The highest BCUT2D eigenvalue weighted by Gasteiger charge is 2.33. The third-order valence-electron chi connectivity index (χ3n) is 6.66. The molecular weight excluding hydrogens is 574 g/mol. The highest BCUT2D eigenvalue weighted by atomic mass is 35.5. The van der Waals surface area contributed by atoms with Crippen molar-refractivity contribution in [3.63, 3.8) is 0 Å². The maximum atomic E-state index is 13.7. The SMILES string of the molecule is COc1c(-c2cccnc2)cccc1S(=O)(=O)N[C@@H](CNC(=O)c1ccc(Cl)s1)C(=O)N1CCN(C(C)C)CC1. The van der Waals surface area contributed by atoms with E-state index in [2.05, 4.69) is 33.8 Å². The first kappa shape index (κ1) is 29.9. The molecule has 0 saturated carbocycles. The van der Waals surface area contributed by atoms with Crippen molar-refractivity contribution in [1.82, 2.24) is 24.8 Å². The van der Waals surface area contributed by atoms with E-state index in [1.807, 2.05) is 0 Å². The molecule has 13 heteroatoms. The minimum atomic E-state index is -4.27. The van der Waals surface area contributed by atoms with E-state index in [0.717, 1.165) is 11.3 Å². The Bertz CT molecular complexity index is 1440. The van der Waals surface area contributed by atoms with Crippen LogP contribution < -0.4 is 14.8 Å². The molecule has 0 bridgehead atoms. The number of methoxy groups -OCH3 is 1. The Morgan fingerprint density at radius 1 is 1.10 bits per heavy atom. The Balaban J connectivity index is 1.61. The Kier molecular flexibility index (Phi) is 9.80. The molecule has 40 heavy (non-hydrogen) atoms. The van der Waals surface area contributed by atoms with Gasteiger partial charge in [-0.1, -0.05) is 29.8 Å². The molecule has 2 N–H and O–H groups in total. The number of carbonyl (C=O) groups excluding carboxylic acids is 2. The van der Waals surface area contributed by atoms with Crippen LogP contribution in [0.15, 0.2) is 59.8 Å². The summed E-state index contributed by atoms with van der Waals surface area (Å²) in [6.07, 6.45) is 3.23. The second-order valence-corrected chi connectivity index (χ2v) is 12.9. The highest BCUT2D eigenvalue weighted by molar-refractivity contribution is 7.89. The van der Waals surface area contributed by atoms with Gasteiger partial charge in [-0.05, 0) is 38.1 Å². The summed E-state index contributed by atoms with van der Waals surface area (Å²) in [5.41, 5.74) is 1.21. The number of para-hydroxylation sites is 1. The minimum absolute atomic E-state index is 0.122. The van der Waals surface area contributed by atoms with Crippen molar-refractivity contribution in [3.05, 3.63) is 64.1 Å². The third-order valence-corrected chi connectivity index (χ3v) is 9.39. The van der Waals surface area contributed by atoms with Gasteiger partial charge in [0.2, 0.25) is 15.9 Å². The van der Waals surface area contributed by atoms with Crippen LogP contribution in [0.1, 0.15) is 23.5 Å². The molecule has 1 saturated heterocycles. The van der Waals surface area contributed by atoms with E-state index in [9.17, 15) is 18.0 Å². The van der Waals surface area contributed by atoms with Crippen molar-refractivity contribution in [2.75, 3.05) is 39.8 Å². The lowest BCUT2D eigenvalue weighted by molar-refractivity contribution is -0.134. The minimum Gasteiger partial charge on any atom is -0.495 e. The number of nitrogens with zero attached hydrogens (tertiary/aromatic N) is 3. The van der Waals surface area contributed by atoms with Gasteiger partial charge in [0.25, 0.3) is 5.91 Å². The quantitative estimate of drug-likeness (QED) is 0.364. The number of hydrogen-bond donors (Lipinski definition) is 2. The average molecular weight is 606 g/mol. The topological polar surface area (TPSA) is 121 Å². The number of thiophene rings is 1. The predicted octanol–water partition coefficient (Wildman–Crippen LogP) is 3.10. The molecule has 0 spiro atoms. The van der Waals surface area contributed by atoms with Gasteiger partial charge in [-0.25, -0.2) is 8.42 Å². The van der Waals surface area contributed by atoms with Crippen molar-refractivity contribution in [1.29, 1.82) is 0 Å². The lowest BCUT2D eigenvalue weighted by Crippen LogP contribution is -2.58. The number of rotatable bonds is 10. The van der Waals surface area contributed by atoms with Crippen molar-refractivity contribution >= 4 is 44.8 Å². The molecule has 1 aliphatic heterocycles. The Hall–Kier alpha value is -3.03. The van der Waals surface area contributed by atoms with Crippen LogP contribution in [0.4, 0.5) is 0 Å². The molecule has 3 aromatic rings. The number of hydrogen-bond acceptors (Lipinski definition) is 8. The number of halogens is 1. The average Bonchev–Trinajstić information content (AvgIpc) is 3.41. The molecule has 0 aliphatic carbocycles. The molecule has 3 heterocycles. The number of amides is 2. The predicted molar refractivity (Wildman–Crippen MR) is 155 cm³/mol. The van der Waals surface area contributed by atoms with Crippen LogP contribution in [0.5, 0.6) is 5.75 Å². The standard InChI is InChI=1S/C27H32ClN5O5S2/c1-18(2)32-12-14-33(15-13-32)27(35)21(17-30-26(34)22-9-10-24(28)39-22)31-40(36,37)23-8-4-7-20(25(23)38-3)19-6-5-11-29-16-19/h4-11,16,18,21,31H,12-15,17H2,1-3H3,(H,30,34)/t21-/m0/s1. The molecule has 10 nitrogen and oxygen atoms in total. The van der Waals surface area contributed by atoms with Crippen LogP contribution in [0.2, 0.25) is 4.34 Å². The zero-order valence-corrected chi connectivity index (χ0v) is 24.9. The Labute approximate surface area is 243 Å². The summed E-state index contributed by atoms with van der Waals surface area (Å²) in [4.78, 5) is 34.6. The van der Waals surface area contributed by atoms with Crippen molar-refractivity contribution in [2.24, 2.45) is 0 Å². The van der Waals surface area contributed by atoms with Gasteiger partial charge in [0.05, 0.1) is 16.3 Å². The molecular formula is C27H32ClN5O5S2. The van der Waals surface area contributed by atoms with Crippen molar-refractivity contribution in [3.8, 4) is 16.9 Å². The number of nitrogens with one attached hydrogen (secondary N) is 2. The molecule has 4 rings (SSSR count). The lowest BCUT2D eigenvalue weighted by Gasteiger charge is -2.38. The van der Waals surface area contributed by atoms with Crippen molar-refractivity contribution in [2.45, 2.75) is 30.8 Å². The van der Waals surface area contributed by atoms with Crippen LogP contribution in [-0.4, -0.2) is 86.9 Å². The largest absolute Gasteiger partial charge is 0.495 e. The number of ether oxygens (including phenoxy) is 1. The molecule has 2 aromatic heterocycles. The first-order valence-electron chi connectivity index (χ1n) is 12.8. The van der Waals surface area contributed by atoms with Crippen LogP contribution >= 0.6 is 22.9 Å². The fourth-order valence-corrected chi connectivity index (χ4v) is 6.86. The number of aromatic nitrogens is 1. The molecule has 1 atom stereocenters. The normalized spacial score (nSPS) is 15.2. The number of sulfonamides is 1. The molecule has 1 fully saturated rings. The van der Waals surface area contributed by atoms with Crippen LogP contribution in [0.25, 0.3) is 11.1 Å². The first-order chi connectivity index (χ1) is 19.1. The van der Waals surface area contributed by atoms with Crippen molar-refractivity contribution < 1.29 is 22.7 Å². The summed E-state index contributed by atoms with van der Waals surface area (Å²) in [6.45, 7) is 6.17. The lowest BCUT2D eigenvalue weighted by atomic mass is 10.1. The van der Waals surface area contributed by atoms with E-state index < -0.39 is 27.9 Å². The highest BCUT2D eigenvalue weighted by Crippen LogP contribution is 2.35. The summed E-state index contributed by atoms with van der Waals surface area (Å²) in [5.74, 6) is -0.745. The van der Waals surface area contributed by atoms with E-state index in [4.69, 9.17) is 16.3 Å². The van der Waals surface area contributed by atoms with Gasteiger partial charge in [0, 0.05) is 62.3 Å². The van der Waals surface area contributed by atoms with E-state index >= 15 is 0 Å². The smallest absolute Gasteiger partial charge is 0.261 e. The zero-order valence-electron chi connectivity index (χ0n) is 22.5. The van der Waals surface area contributed by atoms with Crippen LogP contribution in [-0.2, 0) is 14.8 Å². The van der Waals surface area contributed by atoms with Crippen LogP contribution in [0.3, 0.4) is 0 Å². The van der Waals surface area contributed by atoms with Gasteiger partial charge in [-0.2, -0.15) is 4.72 Å². The van der Waals surface area contributed by atoms with Gasteiger partial charge >= 0.3 is 0 Å². The van der Waals surface area contributed by atoms with E-state index in [1.165, 1.54) is 13.2 Å². The molecule has 0 unspecified atom stereocenters. The molecule has 1 aliphatic rings. The van der Waals surface area contributed by atoms with E-state index in [1.54, 1.807) is 53.7 Å². The monoisotopic (exact) mass is 605 g/mol. The maximum Gasteiger partial charge on any atom is 0.261 e. The number of benzene rings is 1. The van der Waals surface area contributed by atoms with Gasteiger partial charge < -0.3 is 15.0 Å². The van der Waals surface area contributed by atoms with Gasteiger partial charge in [0.15, 0.2) is 0 Å². The molecule has 0 radical (unpaired) electrons. The third kappa shape index (κ3) is 6.99. The molecule has 2 amide bonds. The van der Waals surface area contributed by atoms with Crippen LogP contribution in [0, 0.1) is 0 Å². The second kappa shape index (κ2) is 13.1. The number of pyridine rings is 1. The summed E-state index contributed by atoms with van der Waals surface area (Å²) < 4.78 is 36.0. The summed E-state index contributed by atoms with van der Waals surface area (Å²) in [5, 5.41) is 2.69. The maximum absolute atomic E-state index is 13.7. The fourth-order valence-electron chi connectivity index (χ4n) is 4.51. The van der Waals surface area contributed by atoms with Gasteiger partial charge in [0.1, 0.15) is 16.7 Å². The molecule has 1 aromatic carbocycles. The first-order valence-corrected chi connectivity index (χ1v) is 15.4. The van der Waals surface area contributed by atoms with E-state index in [-0.39, 0.29) is 17.2 Å². The van der Waals surface area contributed by atoms with Gasteiger partial charge in [-0.3, -0.25) is 19.5 Å². The number of carbonyl (C=O) groups is 2. The Morgan fingerprint density at radius 2 is 1.85 bits per heavy atom. The second-order valence-electron chi connectivity index (χ2n) is 9.52. The fraction of sp³-hybridized carbons (Fsp3) is 0.370. The van der Waals surface area contributed by atoms with Gasteiger partial charge in [-0.15, -0.1) is 11.3 Å². The molecule has 214 valence electrons. The zero-order chi connectivity index (χ0) is 28.9. The van der Waals surface area contributed by atoms with E-state index in [0.29, 0.717) is 52.6 Å². The summed E-state index contributed by atoms with van der Waals surface area (Å²) in [7, 11) is -2.89. The Morgan fingerprint density at radius 3 is 2.45 bits per heavy atom. The number of piperazine rings is 1. The summed E-state index contributed by atoms with van der Waals surface area (Å²) >= 11 is 7.05.